The third-order valence-corrected chi connectivity index (χ3v) is 3.35. The van der Waals surface area contributed by atoms with Gasteiger partial charge in [0, 0.05) is 12.8 Å². The van der Waals surface area contributed by atoms with Crippen molar-refractivity contribution in [1.29, 1.82) is 0 Å². The Bertz CT molecular complexity index is 335. The summed E-state index contributed by atoms with van der Waals surface area (Å²) < 4.78 is 4.44. The van der Waals surface area contributed by atoms with Gasteiger partial charge >= 0.3 is 18.0 Å². The van der Waals surface area contributed by atoms with E-state index < -0.39 is 24.0 Å². The number of esters is 1. The Balaban J connectivity index is 2.62. The minimum absolute atomic E-state index is 0.192. The zero-order valence-corrected chi connectivity index (χ0v) is 10.4. The average molecular weight is 262 g/mol. The lowest BCUT2D eigenvalue weighted by Gasteiger charge is -2.26. The molecule has 0 aliphatic carbocycles. The summed E-state index contributed by atoms with van der Waals surface area (Å²) in [6.07, 6.45) is 0. The first-order valence-corrected chi connectivity index (χ1v) is 6.02. The Morgan fingerprint density at radius 1 is 1.53 bits per heavy atom. The van der Waals surface area contributed by atoms with Crippen molar-refractivity contribution in [3.8, 4) is 0 Å². The third kappa shape index (κ3) is 3.26. The number of amides is 2. The van der Waals surface area contributed by atoms with Crippen molar-refractivity contribution in [2.24, 2.45) is 0 Å². The molecule has 1 saturated heterocycles. The number of hydrogen-bond donors (Lipinski definition) is 1. The molecule has 1 aliphatic rings. The summed E-state index contributed by atoms with van der Waals surface area (Å²) in [6.45, 7) is -0.192. The normalized spacial score (nSPS) is 18.9. The molecule has 1 heterocycles. The van der Waals surface area contributed by atoms with E-state index in [-0.39, 0.29) is 6.54 Å². The van der Waals surface area contributed by atoms with Crippen molar-refractivity contribution >= 4 is 29.7 Å². The molecule has 2 amide bonds. The first-order valence-electron chi connectivity index (χ1n) is 4.86. The standard InChI is InChI=1S/C9H14N2O5S/c1-10(3-7(12)16-2)9(15)11-5-17-4-6(11)8(13)14/h6H,3-5H2,1-2H3,(H,13,14)/t6-/m0/s1. The number of thioether (sulfide) groups is 1. The molecule has 0 aromatic carbocycles. The molecule has 0 aromatic heterocycles. The molecule has 1 atom stereocenters. The molecule has 1 aliphatic heterocycles. The smallest absolute Gasteiger partial charge is 0.327 e. The topological polar surface area (TPSA) is 87.2 Å². The highest BCUT2D eigenvalue weighted by Gasteiger charge is 2.36. The summed E-state index contributed by atoms with van der Waals surface area (Å²) in [7, 11) is 2.66. The maximum Gasteiger partial charge on any atom is 0.327 e. The summed E-state index contributed by atoms with van der Waals surface area (Å²) in [5.41, 5.74) is 0. The number of ether oxygens (including phenoxy) is 1. The van der Waals surface area contributed by atoms with E-state index in [4.69, 9.17) is 5.11 Å². The predicted octanol–water partition coefficient (Wildman–Crippen LogP) is -0.329. The van der Waals surface area contributed by atoms with Gasteiger partial charge in [-0.1, -0.05) is 0 Å². The zero-order valence-electron chi connectivity index (χ0n) is 9.58. The van der Waals surface area contributed by atoms with E-state index in [9.17, 15) is 14.4 Å². The molecule has 17 heavy (non-hydrogen) atoms. The van der Waals surface area contributed by atoms with Gasteiger partial charge in [-0.15, -0.1) is 11.8 Å². The number of urea groups is 1. The number of carboxylic acids is 1. The molecule has 96 valence electrons. The van der Waals surface area contributed by atoms with Crippen LogP contribution in [0.2, 0.25) is 0 Å². The SMILES string of the molecule is COC(=O)CN(C)C(=O)N1CSC[C@H]1C(=O)O. The monoisotopic (exact) mass is 262 g/mol. The van der Waals surface area contributed by atoms with Crippen molar-refractivity contribution in [2.75, 3.05) is 32.3 Å². The van der Waals surface area contributed by atoms with E-state index in [1.54, 1.807) is 0 Å². The average Bonchev–Trinajstić information content (AvgIpc) is 2.76. The molecule has 0 saturated carbocycles. The van der Waals surface area contributed by atoms with Crippen molar-refractivity contribution in [2.45, 2.75) is 6.04 Å². The number of likely N-dealkylation sites (N-methyl/N-ethyl adjacent to an activating group) is 1. The van der Waals surface area contributed by atoms with Gasteiger partial charge in [-0.05, 0) is 0 Å². The van der Waals surface area contributed by atoms with Crippen LogP contribution < -0.4 is 0 Å². The van der Waals surface area contributed by atoms with E-state index in [1.807, 2.05) is 0 Å². The van der Waals surface area contributed by atoms with Crippen LogP contribution >= 0.6 is 11.8 Å². The summed E-state index contributed by atoms with van der Waals surface area (Å²) in [6, 6.07) is -1.31. The predicted molar refractivity (Wildman–Crippen MR) is 60.6 cm³/mol. The van der Waals surface area contributed by atoms with Gasteiger partial charge in [0.1, 0.15) is 12.6 Å². The Morgan fingerprint density at radius 2 is 2.18 bits per heavy atom. The largest absolute Gasteiger partial charge is 0.480 e. The van der Waals surface area contributed by atoms with Crippen LogP contribution in [0, 0.1) is 0 Å². The second-order valence-electron chi connectivity index (χ2n) is 3.54. The fourth-order valence-electron chi connectivity index (χ4n) is 1.38. The Hall–Kier alpha value is -1.44. The summed E-state index contributed by atoms with van der Waals surface area (Å²) in [5, 5.41) is 8.93. The number of aliphatic carboxylic acids is 1. The van der Waals surface area contributed by atoms with Crippen molar-refractivity contribution in [3.05, 3.63) is 0 Å². The Morgan fingerprint density at radius 3 is 2.71 bits per heavy atom. The molecule has 1 rings (SSSR count). The fraction of sp³-hybridized carbons (Fsp3) is 0.667. The fourth-order valence-corrected chi connectivity index (χ4v) is 2.52. The van der Waals surface area contributed by atoms with Gasteiger partial charge in [0.2, 0.25) is 0 Å². The second kappa shape index (κ2) is 5.76. The lowest BCUT2D eigenvalue weighted by molar-refractivity contribution is -0.141. The minimum atomic E-state index is -1.03. The Kier molecular flexibility index (Phi) is 4.62. The van der Waals surface area contributed by atoms with Gasteiger partial charge in [-0.2, -0.15) is 0 Å². The van der Waals surface area contributed by atoms with Crippen LogP contribution in [-0.4, -0.2) is 71.2 Å². The molecular weight excluding hydrogens is 248 g/mol. The van der Waals surface area contributed by atoms with Crippen molar-refractivity contribution in [1.82, 2.24) is 9.80 Å². The zero-order chi connectivity index (χ0) is 13.0. The first-order chi connectivity index (χ1) is 7.97. The number of hydrogen-bond acceptors (Lipinski definition) is 5. The van der Waals surface area contributed by atoms with E-state index in [0.717, 1.165) is 4.90 Å². The molecule has 8 heteroatoms. The van der Waals surface area contributed by atoms with E-state index >= 15 is 0 Å². The van der Waals surface area contributed by atoms with Crippen LogP contribution in [0.4, 0.5) is 4.79 Å². The highest BCUT2D eigenvalue weighted by Crippen LogP contribution is 2.22. The molecule has 7 nitrogen and oxygen atoms in total. The van der Waals surface area contributed by atoms with E-state index in [0.29, 0.717) is 11.6 Å². The minimum Gasteiger partial charge on any atom is -0.480 e. The number of carbonyl (C=O) groups is 3. The summed E-state index contributed by atoms with van der Waals surface area (Å²) in [4.78, 5) is 36.2. The van der Waals surface area contributed by atoms with Crippen LogP contribution in [0.25, 0.3) is 0 Å². The number of nitrogens with zero attached hydrogens (tertiary/aromatic N) is 2. The van der Waals surface area contributed by atoms with E-state index in [1.165, 1.54) is 30.8 Å². The summed E-state index contributed by atoms with van der Waals surface area (Å²) in [5.74, 6) is -0.886. The van der Waals surface area contributed by atoms with Crippen LogP contribution in [-0.2, 0) is 14.3 Å². The van der Waals surface area contributed by atoms with Crippen molar-refractivity contribution in [3.63, 3.8) is 0 Å². The van der Waals surface area contributed by atoms with Gasteiger partial charge in [0.25, 0.3) is 0 Å². The van der Waals surface area contributed by atoms with Crippen LogP contribution in [0.5, 0.6) is 0 Å². The van der Waals surface area contributed by atoms with Gasteiger partial charge in [0.05, 0.1) is 13.0 Å². The molecular formula is C9H14N2O5S. The maximum atomic E-state index is 11.9. The number of methoxy groups -OCH3 is 1. The Labute approximate surface area is 103 Å². The number of carbonyl (C=O) groups excluding carboxylic acids is 2. The molecule has 0 aromatic rings. The first kappa shape index (κ1) is 13.6. The highest BCUT2D eigenvalue weighted by atomic mass is 32.2. The second-order valence-corrected chi connectivity index (χ2v) is 4.54. The third-order valence-electron chi connectivity index (χ3n) is 2.33. The van der Waals surface area contributed by atoms with Gasteiger partial charge in [-0.3, -0.25) is 4.79 Å². The van der Waals surface area contributed by atoms with Gasteiger partial charge in [0.15, 0.2) is 0 Å². The molecule has 1 N–H and O–H groups in total. The van der Waals surface area contributed by atoms with Gasteiger partial charge < -0.3 is 19.6 Å². The molecule has 0 unspecified atom stereocenters. The van der Waals surface area contributed by atoms with Gasteiger partial charge in [-0.25, -0.2) is 9.59 Å². The lowest BCUT2D eigenvalue weighted by Crippen LogP contribution is -2.48. The summed E-state index contributed by atoms with van der Waals surface area (Å²) >= 11 is 1.37. The van der Waals surface area contributed by atoms with Crippen LogP contribution in [0.1, 0.15) is 0 Å². The highest BCUT2D eigenvalue weighted by molar-refractivity contribution is 7.99. The maximum absolute atomic E-state index is 11.9. The molecule has 1 fully saturated rings. The molecule has 0 radical (unpaired) electrons. The number of rotatable bonds is 3. The van der Waals surface area contributed by atoms with Crippen molar-refractivity contribution < 1.29 is 24.2 Å². The number of carboxylic acid groups (broad SMARTS) is 1. The molecule has 0 spiro atoms. The van der Waals surface area contributed by atoms with Crippen LogP contribution in [0.3, 0.4) is 0 Å². The lowest BCUT2D eigenvalue weighted by atomic mass is 10.3. The van der Waals surface area contributed by atoms with Crippen LogP contribution in [0.15, 0.2) is 0 Å². The van der Waals surface area contributed by atoms with E-state index in [2.05, 4.69) is 4.74 Å². The quantitative estimate of drug-likeness (QED) is 0.701. The molecule has 0 bridgehead atoms.